The number of allylic oxidation sites excluding steroid dienone is 1. The van der Waals surface area contributed by atoms with Gasteiger partial charge in [0.15, 0.2) is 0 Å². The van der Waals surface area contributed by atoms with Crippen LogP contribution in [-0.4, -0.2) is 23.8 Å². The highest BCUT2D eigenvalue weighted by Gasteiger charge is 2.22. The van der Waals surface area contributed by atoms with E-state index < -0.39 is 0 Å². The summed E-state index contributed by atoms with van der Waals surface area (Å²) in [5, 5.41) is 0.204. The van der Waals surface area contributed by atoms with Gasteiger partial charge >= 0.3 is 0 Å². The summed E-state index contributed by atoms with van der Waals surface area (Å²) in [4.78, 5) is 10.3. The summed E-state index contributed by atoms with van der Waals surface area (Å²) >= 11 is 1.79. The van der Waals surface area contributed by atoms with E-state index in [2.05, 4.69) is 34.3 Å². The van der Waals surface area contributed by atoms with E-state index in [1.54, 1.807) is 11.8 Å². The van der Waals surface area contributed by atoms with E-state index in [1.165, 1.54) is 10.5 Å². The Morgan fingerprint density at radius 1 is 1.13 bits per heavy atom. The molecular formula is C12H10N2S. The van der Waals surface area contributed by atoms with Crippen LogP contribution in [0, 0.1) is 0 Å². The molecule has 0 aromatic heterocycles. The lowest BCUT2D eigenvalue weighted by Gasteiger charge is -2.17. The zero-order valence-corrected chi connectivity index (χ0v) is 8.89. The van der Waals surface area contributed by atoms with Crippen molar-refractivity contribution in [1.82, 2.24) is 0 Å². The highest BCUT2D eigenvalue weighted by molar-refractivity contribution is 8.00. The van der Waals surface area contributed by atoms with Crippen molar-refractivity contribution < 1.29 is 0 Å². The fourth-order valence-corrected chi connectivity index (χ4v) is 2.80. The lowest BCUT2D eigenvalue weighted by atomic mass is 10.2. The molecule has 2 aliphatic rings. The van der Waals surface area contributed by atoms with Crippen LogP contribution in [0.1, 0.15) is 5.56 Å². The van der Waals surface area contributed by atoms with Gasteiger partial charge in [0.1, 0.15) is 11.4 Å². The Labute approximate surface area is 92.8 Å². The van der Waals surface area contributed by atoms with Gasteiger partial charge in [-0.2, -0.15) is 0 Å². The fourth-order valence-electron chi connectivity index (χ4n) is 1.70. The average Bonchev–Trinajstić information content (AvgIpc) is 2.48. The monoisotopic (exact) mass is 214 g/mol. The number of benzene rings is 1. The molecule has 2 atom stereocenters. The van der Waals surface area contributed by atoms with E-state index in [-0.39, 0.29) is 11.4 Å². The molecule has 0 saturated heterocycles. The van der Waals surface area contributed by atoms with Crippen molar-refractivity contribution >= 4 is 24.2 Å². The van der Waals surface area contributed by atoms with Crippen LogP contribution >= 0.6 is 11.8 Å². The molecule has 2 unspecified atom stereocenters. The molecule has 74 valence electrons. The lowest BCUT2D eigenvalue weighted by Crippen LogP contribution is -2.18. The van der Waals surface area contributed by atoms with Gasteiger partial charge in [-0.25, -0.2) is 0 Å². The molecule has 0 amide bonds. The van der Waals surface area contributed by atoms with Gasteiger partial charge in [-0.1, -0.05) is 36.0 Å². The van der Waals surface area contributed by atoms with Crippen molar-refractivity contribution in [1.29, 1.82) is 0 Å². The quantitative estimate of drug-likeness (QED) is 0.651. The zero-order chi connectivity index (χ0) is 10.1. The van der Waals surface area contributed by atoms with Crippen LogP contribution in [0.4, 0.5) is 0 Å². The largest absolute Gasteiger partial charge is 0.282 e. The number of rotatable bonds is 0. The Morgan fingerprint density at radius 3 is 3.07 bits per heavy atom. The van der Waals surface area contributed by atoms with E-state index in [0.29, 0.717) is 0 Å². The summed E-state index contributed by atoms with van der Waals surface area (Å²) in [6.45, 7) is 0. The van der Waals surface area contributed by atoms with Gasteiger partial charge in [-0.05, 0) is 12.1 Å². The molecule has 2 nitrogen and oxygen atoms in total. The number of dihydropyridines is 1. The predicted octanol–water partition coefficient (Wildman–Crippen LogP) is 2.55. The van der Waals surface area contributed by atoms with Gasteiger partial charge in [-0.3, -0.25) is 9.98 Å². The zero-order valence-electron chi connectivity index (χ0n) is 8.08. The molecule has 2 heterocycles. The first-order valence-electron chi connectivity index (χ1n) is 4.92. The van der Waals surface area contributed by atoms with Gasteiger partial charge < -0.3 is 0 Å². The molecule has 0 aliphatic carbocycles. The van der Waals surface area contributed by atoms with E-state index in [9.17, 15) is 0 Å². The summed E-state index contributed by atoms with van der Waals surface area (Å²) in [6.07, 6.45) is 7.89. The average molecular weight is 214 g/mol. The Balaban J connectivity index is 2.04. The van der Waals surface area contributed by atoms with Gasteiger partial charge in [0.05, 0.1) is 0 Å². The molecule has 2 aliphatic heterocycles. The number of fused-ring (bicyclic) bond motifs is 2. The minimum Gasteiger partial charge on any atom is -0.282 e. The second-order valence-corrected chi connectivity index (χ2v) is 4.66. The first kappa shape index (κ1) is 8.92. The molecule has 0 fully saturated rings. The third kappa shape index (κ3) is 1.63. The molecule has 0 saturated carbocycles. The van der Waals surface area contributed by atoms with Crippen molar-refractivity contribution in [2.75, 3.05) is 0 Å². The van der Waals surface area contributed by atoms with Crippen molar-refractivity contribution in [3.05, 3.63) is 42.0 Å². The highest BCUT2D eigenvalue weighted by atomic mass is 32.2. The molecule has 3 heteroatoms. The van der Waals surface area contributed by atoms with Crippen LogP contribution in [-0.2, 0) is 0 Å². The van der Waals surface area contributed by atoms with Crippen molar-refractivity contribution in [2.24, 2.45) is 9.98 Å². The van der Waals surface area contributed by atoms with Crippen LogP contribution in [0.25, 0.3) is 0 Å². The number of hydrogen-bond donors (Lipinski definition) is 0. The second kappa shape index (κ2) is 3.66. The lowest BCUT2D eigenvalue weighted by molar-refractivity contribution is 0.779. The number of hydrogen-bond acceptors (Lipinski definition) is 3. The maximum Gasteiger partial charge on any atom is 0.125 e. The minimum absolute atomic E-state index is 0.187. The summed E-state index contributed by atoms with van der Waals surface area (Å²) in [5.41, 5.74) is 1.19. The van der Waals surface area contributed by atoms with Crippen LogP contribution in [0.15, 0.2) is 51.3 Å². The predicted molar refractivity (Wildman–Crippen MR) is 65.1 cm³/mol. The fraction of sp³-hybridized carbons (Fsp3) is 0.167. The van der Waals surface area contributed by atoms with Crippen LogP contribution in [0.3, 0.4) is 0 Å². The summed E-state index contributed by atoms with van der Waals surface area (Å²) in [5.74, 6) is 0. The number of aliphatic imine (C=N–C) groups is 2. The Bertz CT molecular complexity index is 462. The highest BCUT2D eigenvalue weighted by Crippen LogP contribution is 2.33. The van der Waals surface area contributed by atoms with Gasteiger partial charge in [-0.15, -0.1) is 0 Å². The van der Waals surface area contributed by atoms with E-state index in [4.69, 9.17) is 0 Å². The van der Waals surface area contributed by atoms with Gasteiger partial charge in [0.2, 0.25) is 0 Å². The first-order valence-corrected chi connectivity index (χ1v) is 5.80. The molecular weight excluding hydrogens is 204 g/mol. The Hall–Kier alpha value is -1.35. The third-order valence-corrected chi connectivity index (χ3v) is 3.74. The summed E-state index contributed by atoms with van der Waals surface area (Å²) in [7, 11) is 0. The van der Waals surface area contributed by atoms with Crippen LogP contribution in [0.5, 0.6) is 0 Å². The number of nitrogens with zero attached hydrogens (tertiary/aromatic N) is 2. The Kier molecular flexibility index (Phi) is 2.18. The minimum atomic E-state index is 0.187. The standard InChI is InChI=1S/C12H10N2S/c1-2-6-11-9(4-1)8-14-10-5-3-7-13-12(10)15-11/h1-8,10,12H. The molecule has 0 N–H and O–H groups in total. The molecule has 0 spiro atoms. The second-order valence-electron chi connectivity index (χ2n) is 3.50. The molecule has 0 bridgehead atoms. The molecule has 1 aromatic carbocycles. The Morgan fingerprint density at radius 2 is 2.07 bits per heavy atom. The maximum atomic E-state index is 4.54. The van der Waals surface area contributed by atoms with Crippen molar-refractivity contribution in [3.63, 3.8) is 0 Å². The van der Waals surface area contributed by atoms with Gasteiger partial charge in [0, 0.05) is 22.9 Å². The summed E-state index contributed by atoms with van der Waals surface area (Å²) < 4.78 is 0. The van der Waals surface area contributed by atoms with Crippen molar-refractivity contribution in [3.8, 4) is 0 Å². The van der Waals surface area contributed by atoms with E-state index in [1.807, 2.05) is 24.6 Å². The smallest absolute Gasteiger partial charge is 0.125 e. The molecule has 0 radical (unpaired) electrons. The SMILES string of the molecule is C1=CC2N=Cc3ccccc3SC2N=C1. The van der Waals surface area contributed by atoms with Crippen LogP contribution in [0.2, 0.25) is 0 Å². The summed E-state index contributed by atoms with van der Waals surface area (Å²) in [6, 6.07) is 8.51. The normalized spacial score (nSPS) is 26.9. The molecule has 15 heavy (non-hydrogen) atoms. The van der Waals surface area contributed by atoms with E-state index in [0.717, 1.165) is 0 Å². The number of thioether (sulfide) groups is 1. The molecule has 3 rings (SSSR count). The van der Waals surface area contributed by atoms with E-state index >= 15 is 0 Å². The van der Waals surface area contributed by atoms with Crippen molar-refractivity contribution in [2.45, 2.75) is 16.3 Å². The maximum absolute atomic E-state index is 4.54. The molecule has 1 aromatic rings. The van der Waals surface area contributed by atoms with Crippen LogP contribution < -0.4 is 0 Å². The van der Waals surface area contributed by atoms with Gasteiger partial charge in [0.25, 0.3) is 0 Å². The topological polar surface area (TPSA) is 24.7 Å². The first-order chi connectivity index (χ1) is 7.43. The third-order valence-electron chi connectivity index (χ3n) is 2.47.